The van der Waals surface area contributed by atoms with Crippen molar-refractivity contribution in [1.82, 2.24) is 24.8 Å². The number of hydrogen-bond acceptors (Lipinski definition) is 9. The zero-order valence-electron chi connectivity index (χ0n) is 25.5. The number of aromatic nitrogens is 4. The number of fused-ring (bicyclic) bond motifs is 2. The van der Waals surface area contributed by atoms with Crippen molar-refractivity contribution in [3.05, 3.63) is 89.8 Å². The van der Waals surface area contributed by atoms with Gasteiger partial charge in [-0.1, -0.05) is 42.5 Å². The van der Waals surface area contributed by atoms with Crippen LogP contribution in [-0.4, -0.2) is 69.8 Å². The first-order chi connectivity index (χ1) is 22.5. The summed E-state index contributed by atoms with van der Waals surface area (Å²) in [5, 5.41) is 5.41. The summed E-state index contributed by atoms with van der Waals surface area (Å²) in [5.74, 6) is -0.994. The molecule has 2 aromatic heterocycles. The number of esters is 1. The molecule has 2 fully saturated rings. The van der Waals surface area contributed by atoms with E-state index in [0.717, 1.165) is 5.56 Å². The third-order valence-electron chi connectivity index (χ3n) is 8.02. The molecule has 240 valence electrons. The Morgan fingerprint density at radius 1 is 1.07 bits per heavy atom. The number of urea groups is 1. The number of anilines is 1. The largest absolute Gasteiger partial charge is 0.462 e. The van der Waals surface area contributed by atoms with Gasteiger partial charge in [0.05, 0.1) is 43.9 Å². The van der Waals surface area contributed by atoms with Crippen LogP contribution in [0.2, 0.25) is 0 Å². The van der Waals surface area contributed by atoms with Gasteiger partial charge in [0, 0.05) is 18.0 Å². The SMILES string of the molecule is CCNC(=O)Nc1ncnc2c1ncn2C1CC(COCc2c(F)cccc2C(=O)OCC)C2O[C@H](C=Cc3ccccc3)OC21. The first kappa shape index (κ1) is 31.3. The van der Waals surface area contributed by atoms with Crippen LogP contribution in [0.15, 0.2) is 67.3 Å². The number of nitrogens with zero attached hydrogens (tertiary/aromatic N) is 4. The van der Waals surface area contributed by atoms with Gasteiger partial charge in [-0.2, -0.15) is 0 Å². The molecule has 6 rings (SSSR count). The van der Waals surface area contributed by atoms with Crippen LogP contribution in [0.4, 0.5) is 15.0 Å². The van der Waals surface area contributed by atoms with Gasteiger partial charge in [0.25, 0.3) is 0 Å². The number of carbonyl (C=O) groups excluding carboxylic acids is 2. The summed E-state index contributed by atoms with van der Waals surface area (Å²) in [7, 11) is 0. The molecule has 2 aromatic carbocycles. The van der Waals surface area contributed by atoms with Gasteiger partial charge >= 0.3 is 12.0 Å². The molecule has 1 aliphatic heterocycles. The maximum absolute atomic E-state index is 14.8. The summed E-state index contributed by atoms with van der Waals surface area (Å²) in [5.41, 5.74) is 2.26. The summed E-state index contributed by atoms with van der Waals surface area (Å²) in [6.45, 7) is 4.26. The number of ether oxygens (including phenoxy) is 4. The molecule has 13 heteroatoms. The van der Waals surface area contributed by atoms with E-state index in [0.29, 0.717) is 29.9 Å². The van der Waals surface area contributed by atoms with Gasteiger partial charge in [0.15, 0.2) is 23.3 Å². The number of benzene rings is 2. The number of hydrogen-bond donors (Lipinski definition) is 2. The van der Waals surface area contributed by atoms with E-state index >= 15 is 0 Å². The Morgan fingerprint density at radius 2 is 1.89 bits per heavy atom. The molecule has 5 atom stereocenters. The normalized spacial score (nSPS) is 22.3. The second kappa shape index (κ2) is 14.1. The van der Waals surface area contributed by atoms with Gasteiger partial charge in [-0.3, -0.25) is 5.32 Å². The number of halogens is 1. The lowest BCUT2D eigenvalue weighted by Gasteiger charge is -2.20. The van der Waals surface area contributed by atoms with Crippen molar-refractivity contribution < 1.29 is 32.9 Å². The number of carbonyl (C=O) groups is 2. The van der Waals surface area contributed by atoms with Crippen molar-refractivity contribution in [1.29, 1.82) is 0 Å². The maximum atomic E-state index is 14.8. The van der Waals surface area contributed by atoms with Gasteiger partial charge in [0.1, 0.15) is 18.2 Å². The third kappa shape index (κ3) is 6.62. The van der Waals surface area contributed by atoms with Crippen molar-refractivity contribution in [2.45, 2.75) is 51.4 Å². The lowest BCUT2D eigenvalue weighted by molar-refractivity contribution is -0.0587. The minimum atomic E-state index is -0.609. The van der Waals surface area contributed by atoms with Crippen molar-refractivity contribution in [3.63, 3.8) is 0 Å². The predicted octanol–water partition coefficient (Wildman–Crippen LogP) is 4.88. The maximum Gasteiger partial charge on any atom is 0.338 e. The molecule has 2 N–H and O–H groups in total. The van der Waals surface area contributed by atoms with Crippen LogP contribution < -0.4 is 10.6 Å². The van der Waals surface area contributed by atoms with Crippen molar-refractivity contribution in [3.8, 4) is 0 Å². The average molecular weight is 631 g/mol. The van der Waals surface area contributed by atoms with Crippen LogP contribution in [0.3, 0.4) is 0 Å². The fourth-order valence-electron chi connectivity index (χ4n) is 5.96. The average Bonchev–Trinajstić information content (AvgIpc) is 3.76. The van der Waals surface area contributed by atoms with E-state index in [2.05, 4.69) is 25.6 Å². The van der Waals surface area contributed by atoms with Crippen molar-refractivity contribution in [2.75, 3.05) is 25.1 Å². The number of nitrogens with one attached hydrogen (secondary N) is 2. The van der Waals surface area contributed by atoms with E-state index in [9.17, 15) is 14.0 Å². The molecule has 0 radical (unpaired) electrons. The van der Waals surface area contributed by atoms with E-state index in [1.54, 1.807) is 13.3 Å². The highest BCUT2D eigenvalue weighted by Crippen LogP contribution is 2.45. The lowest BCUT2D eigenvalue weighted by Crippen LogP contribution is -2.29. The molecule has 2 aliphatic rings. The summed E-state index contributed by atoms with van der Waals surface area (Å²) in [4.78, 5) is 37.9. The van der Waals surface area contributed by atoms with Crippen molar-refractivity contribution >= 4 is 35.1 Å². The van der Waals surface area contributed by atoms with E-state index < -0.39 is 24.1 Å². The van der Waals surface area contributed by atoms with E-state index in [-0.39, 0.29) is 55.1 Å². The molecular formula is C33H35FN6O6. The molecule has 4 unspecified atom stereocenters. The Morgan fingerprint density at radius 3 is 2.70 bits per heavy atom. The first-order valence-corrected chi connectivity index (χ1v) is 15.3. The van der Waals surface area contributed by atoms with Crippen LogP contribution in [-0.2, 0) is 25.6 Å². The summed E-state index contributed by atoms with van der Waals surface area (Å²) >= 11 is 0. The minimum Gasteiger partial charge on any atom is -0.462 e. The van der Waals surface area contributed by atoms with Gasteiger partial charge in [-0.15, -0.1) is 0 Å². The molecule has 0 spiro atoms. The monoisotopic (exact) mass is 630 g/mol. The fraction of sp³-hybridized carbons (Fsp3) is 0.364. The zero-order chi connectivity index (χ0) is 32.0. The fourth-order valence-corrected chi connectivity index (χ4v) is 5.96. The molecule has 2 amide bonds. The topological polar surface area (TPSA) is 139 Å². The van der Waals surface area contributed by atoms with E-state index in [1.807, 2.05) is 54.0 Å². The van der Waals surface area contributed by atoms with Crippen LogP contribution in [0.5, 0.6) is 0 Å². The summed E-state index contributed by atoms with van der Waals surface area (Å²) in [6.07, 6.45) is 6.10. The Labute approximate surface area is 264 Å². The molecule has 1 saturated carbocycles. The molecular weight excluding hydrogens is 595 g/mol. The quantitative estimate of drug-likeness (QED) is 0.222. The zero-order valence-corrected chi connectivity index (χ0v) is 25.5. The van der Waals surface area contributed by atoms with Gasteiger partial charge in [-0.25, -0.2) is 28.9 Å². The minimum absolute atomic E-state index is 0.117. The van der Waals surface area contributed by atoms with E-state index in [1.165, 1.54) is 24.5 Å². The Kier molecular flexibility index (Phi) is 9.62. The summed E-state index contributed by atoms with van der Waals surface area (Å²) in [6, 6.07) is 13.5. The van der Waals surface area contributed by atoms with Crippen LogP contribution in [0.1, 0.15) is 47.8 Å². The van der Waals surface area contributed by atoms with Crippen LogP contribution in [0, 0.1) is 11.7 Å². The van der Waals surface area contributed by atoms with Crippen LogP contribution in [0.25, 0.3) is 17.2 Å². The number of rotatable bonds is 11. The smallest absolute Gasteiger partial charge is 0.338 e. The Hall–Kier alpha value is -4.72. The molecule has 4 aromatic rings. The number of imidazole rings is 1. The Balaban J connectivity index is 1.24. The molecule has 1 aliphatic carbocycles. The molecule has 0 bridgehead atoms. The predicted molar refractivity (Wildman–Crippen MR) is 166 cm³/mol. The Bertz CT molecular complexity index is 1720. The van der Waals surface area contributed by atoms with Gasteiger partial charge in [0.2, 0.25) is 0 Å². The molecule has 46 heavy (non-hydrogen) atoms. The first-order valence-electron chi connectivity index (χ1n) is 15.3. The number of amides is 2. The summed E-state index contributed by atoms with van der Waals surface area (Å²) < 4.78 is 40.8. The molecule has 3 heterocycles. The van der Waals surface area contributed by atoms with E-state index in [4.69, 9.17) is 18.9 Å². The second-order valence-corrected chi connectivity index (χ2v) is 10.9. The molecule has 1 saturated heterocycles. The molecule has 12 nitrogen and oxygen atoms in total. The second-order valence-electron chi connectivity index (χ2n) is 10.9. The third-order valence-corrected chi connectivity index (χ3v) is 8.02. The lowest BCUT2D eigenvalue weighted by atomic mass is 10.1. The highest BCUT2D eigenvalue weighted by Gasteiger charge is 2.52. The van der Waals surface area contributed by atoms with Crippen LogP contribution >= 0.6 is 0 Å². The standard InChI is InChI=1S/C33H35FN6O6/c1-3-35-33(42)39-30-27-31(37-18-36-30)40(19-38-27)25-15-21(16-43-17-23-22(32(41)44-4-2)11-8-12-24(23)34)28-29(25)46-26(45-28)14-13-20-9-6-5-7-10-20/h5-14,18-19,21,25-26,28-29H,3-4,15-17H2,1-2H3,(H2,35,36,37,39,42)/t21?,25?,26-,28?,29?/m0/s1. The highest BCUT2D eigenvalue weighted by atomic mass is 19.1. The van der Waals surface area contributed by atoms with Crippen molar-refractivity contribution in [2.24, 2.45) is 5.92 Å². The highest BCUT2D eigenvalue weighted by molar-refractivity contribution is 5.95. The van der Waals surface area contributed by atoms with Gasteiger partial charge < -0.3 is 28.8 Å². The van der Waals surface area contributed by atoms with Gasteiger partial charge in [-0.05, 0) is 44.0 Å².